The topological polar surface area (TPSA) is 20.3 Å². The number of carbonyl (C=O) groups excluding carboxylic acids is 1. The number of rotatable bonds is 3. The van der Waals surface area contributed by atoms with Crippen LogP contribution in [-0.4, -0.2) is 17.9 Å². The van der Waals surface area contributed by atoms with E-state index in [1.807, 2.05) is 19.2 Å². The number of hydrogen-bond acceptors (Lipinski definition) is 1. The third kappa shape index (κ3) is 2.93. The molecule has 0 N–H and O–H groups in total. The summed E-state index contributed by atoms with van der Waals surface area (Å²) in [4.78, 5) is 13.7. The molecule has 1 fully saturated rings. The van der Waals surface area contributed by atoms with E-state index >= 15 is 0 Å². The van der Waals surface area contributed by atoms with Gasteiger partial charge in [-0.15, -0.1) is 0 Å². The summed E-state index contributed by atoms with van der Waals surface area (Å²) in [5.74, 6) is 0.477. The van der Waals surface area contributed by atoms with Gasteiger partial charge in [-0.05, 0) is 30.5 Å². The fraction of sp³-hybridized carbons (Fsp3) is 0.462. The zero-order valence-electron chi connectivity index (χ0n) is 9.75. The van der Waals surface area contributed by atoms with E-state index in [0.29, 0.717) is 16.6 Å². The van der Waals surface area contributed by atoms with E-state index in [1.165, 1.54) is 6.42 Å². The number of benzene rings is 1. The molecule has 0 aliphatic heterocycles. The van der Waals surface area contributed by atoms with E-state index in [4.69, 9.17) is 23.2 Å². The summed E-state index contributed by atoms with van der Waals surface area (Å²) >= 11 is 11.8. The smallest absolute Gasteiger partial charge is 0.225 e. The molecule has 0 bridgehead atoms. The molecule has 1 saturated carbocycles. The second-order valence-electron chi connectivity index (χ2n) is 4.57. The predicted octanol–water partition coefficient (Wildman–Crippen LogP) is 3.75. The summed E-state index contributed by atoms with van der Waals surface area (Å²) in [7, 11) is 1.84. The fourth-order valence-corrected chi connectivity index (χ4v) is 2.28. The Kier molecular flexibility index (Phi) is 3.95. The van der Waals surface area contributed by atoms with Gasteiger partial charge in [0.1, 0.15) is 0 Å². The summed E-state index contributed by atoms with van der Waals surface area (Å²) in [6, 6.07) is 5.48. The highest BCUT2D eigenvalue weighted by Crippen LogP contribution is 2.29. The molecular weight excluding hydrogens is 257 g/mol. The Morgan fingerprint density at radius 3 is 2.59 bits per heavy atom. The normalized spacial score (nSPS) is 15.5. The predicted molar refractivity (Wildman–Crippen MR) is 70.3 cm³/mol. The molecule has 4 heteroatoms. The van der Waals surface area contributed by atoms with Crippen molar-refractivity contribution in [2.24, 2.45) is 5.92 Å². The van der Waals surface area contributed by atoms with E-state index in [0.717, 1.165) is 18.4 Å². The van der Waals surface area contributed by atoms with Gasteiger partial charge in [-0.2, -0.15) is 0 Å². The molecule has 0 unspecified atom stereocenters. The Morgan fingerprint density at radius 1 is 1.35 bits per heavy atom. The van der Waals surface area contributed by atoms with Crippen molar-refractivity contribution in [2.75, 3.05) is 7.05 Å². The molecule has 0 spiro atoms. The Hall–Kier alpha value is -0.730. The van der Waals surface area contributed by atoms with Gasteiger partial charge in [0.15, 0.2) is 0 Å². The average molecular weight is 272 g/mol. The zero-order valence-corrected chi connectivity index (χ0v) is 11.3. The van der Waals surface area contributed by atoms with Gasteiger partial charge in [-0.25, -0.2) is 0 Å². The monoisotopic (exact) mass is 271 g/mol. The van der Waals surface area contributed by atoms with Crippen molar-refractivity contribution in [2.45, 2.75) is 25.8 Å². The highest BCUT2D eigenvalue weighted by molar-refractivity contribution is 6.42. The quantitative estimate of drug-likeness (QED) is 0.820. The van der Waals surface area contributed by atoms with Gasteiger partial charge in [-0.3, -0.25) is 4.79 Å². The van der Waals surface area contributed by atoms with Gasteiger partial charge in [0.2, 0.25) is 5.91 Å². The molecular formula is C13H15Cl2NO. The minimum atomic E-state index is 0.238. The average Bonchev–Trinajstić information content (AvgIpc) is 2.21. The van der Waals surface area contributed by atoms with E-state index < -0.39 is 0 Å². The van der Waals surface area contributed by atoms with Crippen LogP contribution in [0, 0.1) is 5.92 Å². The largest absolute Gasteiger partial charge is 0.341 e. The molecule has 92 valence electrons. The molecule has 0 radical (unpaired) electrons. The van der Waals surface area contributed by atoms with E-state index in [1.54, 1.807) is 11.0 Å². The first kappa shape index (κ1) is 12.7. The van der Waals surface area contributed by atoms with Gasteiger partial charge in [0.05, 0.1) is 10.0 Å². The molecule has 2 nitrogen and oxygen atoms in total. The lowest BCUT2D eigenvalue weighted by molar-refractivity contribution is -0.137. The van der Waals surface area contributed by atoms with Crippen molar-refractivity contribution in [3.05, 3.63) is 33.8 Å². The van der Waals surface area contributed by atoms with Crippen molar-refractivity contribution in [1.29, 1.82) is 0 Å². The summed E-state index contributed by atoms with van der Waals surface area (Å²) in [5, 5.41) is 1.08. The first-order valence-corrected chi connectivity index (χ1v) is 6.52. The van der Waals surface area contributed by atoms with Gasteiger partial charge >= 0.3 is 0 Å². The maximum atomic E-state index is 11.9. The molecule has 1 aromatic rings. The molecule has 0 heterocycles. The highest BCUT2D eigenvalue weighted by Gasteiger charge is 2.27. The van der Waals surface area contributed by atoms with E-state index in [-0.39, 0.29) is 11.8 Å². The minimum Gasteiger partial charge on any atom is -0.341 e. The first-order chi connectivity index (χ1) is 8.08. The number of halogens is 2. The molecule has 1 aromatic carbocycles. The van der Waals surface area contributed by atoms with Crippen LogP contribution in [0.25, 0.3) is 0 Å². The van der Waals surface area contributed by atoms with Crippen LogP contribution in [-0.2, 0) is 11.3 Å². The molecule has 1 aliphatic carbocycles. The van der Waals surface area contributed by atoms with Gasteiger partial charge in [0.25, 0.3) is 0 Å². The van der Waals surface area contributed by atoms with Gasteiger partial charge in [-0.1, -0.05) is 35.7 Å². The third-order valence-corrected chi connectivity index (χ3v) is 3.97. The summed E-state index contributed by atoms with van der Waals surface area (Å²) in [6.07, 6.45) is 3.24. The molecule has 17 heavy (non-hydrogen) atoms. The molecule has 0 aromatic heterocycles. The Bertz CT molecular complexity index is 429. The van der Waals surface area contributed by atoms with Crippen molar-refractivity contribution < 1.29 is 4.79 Å². The van der Waals surface area contributed by atoms with E-state index in [2.05, 4.69) is 0 Å². The molecule has 0 atom stereocenters. The number of hydrogen-bond donors (Lipinski definition) is 0. The first-order valence-electron chi connectivity index (χ1n) is 5.77. The maximum absolute atomic E-state index is 11.9. The van der Waals surface area contributed by atoms with Crippen molar-refractivity contribution in [3.8, 4) is 0 Å². The lowest BCUT2D eigenvalue weighted by Gasteiger charge is -2.29. The number of nitrogens with zero attached hydrogens (tertiary/aromatic N) is 1. The summed E-state index contributed by atoms with van der Waals surface area (Å²) in [5.41, 5.74) is 1.01. The lowest BCUT2D eigenvalue weighted by atomic mass is 9.84. The molecule has 1 aliphatic rings. The van der Waals surface area contributed by atoms with E-state index in [9.17, 15) is 4.79 Å². The molecule has 0 saturated heterocycles. The van der Waals surface area contributed by atoms with Gasteiger partial charge < -0.3 is 4.90 Å². The Morgan fingerprint density at radius 2 is 2.06 bits per heavy atom. The SMILES string of the molecule is CN(Cc1ccc(Cl)c(Cl)c1)C(=O)C1CCC1. The van der Waals surface area contributed by atoms with Crippen LogP contribution in [0.3, 0.4) is 0 Å². The maximum Gasteiger partial charge on any atom is 0.225 e. The number of carbonyl (C=O) groups is 1. The summed E-state index contributed by atoms with van der Waals surface area (Å²) in [6.45, 7) is 0.590. The minimum absolute atomic E-state index is 0.238. The fourth-order valence-electron chi connectivity index (χ4n) is 1.96. The summed E-state index contributed by atoms with van der Waals surface area (Å²) < 4.78 is 0. The lowest BCUT2D eigenvalue weighted by Crippen LogP contribution is -2.35. The van der Waals surface area contributed by atoms with Crippen molar-refractivity contribution in [1.82, 2.24) is 4.90 Å². The van der Waals surface area contributed by atoms with Crippen molar-refractivity contribution in [3.63, 3.8) is 0 Å². The van der Waals surface area contributed by atoms with Crippen LogP contribution in [0.15, 0.2) is 18.2 Å². The zero-order chi connectivity index (χ0) is 12.4. The van der Waals surface area contributed by atoms with Crippen LogP contribution in [0.2, 0.25) is 10.0 Å². The van der Waals surface area contributed by atoms with Crippen LogP contribution in [0.5, 0.6) is 0 Å². The Labute approximate surface area is 112 Å². The number of amides is 1. The molecule has 2 rings (SSSR count). The second kappa shape index (κ2) is 5.28. The van der Waals surface area contributed by atoms with Crippen LogP contribution < -0.4 is 0 Å². The highest BCUT2D eigenvalue weighted by atomic mass is 35.5. The molecule has 1 amide bonds. The third-order valence-electron chi connectivity index (χ3n) is 3.23. The van der Waals surface area contributed by atoms with Crippen LogP contribution >= 0.6 is 23.2 Å². The van der Waals surface area contributed by atoms with Crippen LogP contribution in [0.1, 0.15) is 24.8 Å². The Balaban J connectivity index is 1.99. The van der Waals surface area contributed by atoms with Crippen molar-refractivity contribution >= 4 is 29.1 Å². The standard InChI is InChI=1S/C13H15Cl2NO/c1-16(13(17)10-3-2-4-10)8-9-5-6-11(14)12(15)7-9/h5-7,10H,2-4,8H2,1H3. The van der Waals surface area contributed by atoms with Gasteiger partial charge in [0, 0.05) is 19.5 Å². The van der Waals surface area contributed by atoms with Crippen LogP contribution in [0.4, 0.5) is 0 Å². The second-order valence-corrected chi connectivity index (χ2v) is 5.38.